The van der Waals surface area contributed by atoms with E-state index in [9.17, 15) is 34.1 Å². The van der Waals surface area contributed by atoms with Gasteiger partial charge in [0.1, 0.15) is 23.8 Å². The minimum absolute atomic E-state index is 0.0248. The average molecular weight is 587 g/mol. The first-order valence-electron chi connectivity index (χ1n) is 12.3. The number of nitrogens with zero attached hydrogens (tertiary/aromatic N) is 2. The van der Waals surface area contributed by atoms with Gasteiger partial charge in [0, 0.05) is 24.8 Å². The number of para-hydroxylation sites is 1. The summed E-state index contributed by atoms with van der Waals surface area (Å²) >= 11 is 1.18. The molecule has 15 heteroatoms. The summed E-state index contributed by atoms with van der Waals surface area (Å²) in [4.78, 5) is 74.2. The maximum Gasteiger partial charge on any atom is 0.414 e. The predicted octanol–water partition coefficient (Wildman–Crippen LogP) is 1.52. The second kappa shape index (κ2) is 12.2. The molecule has 0 spiro atoms. The quantitative estimate of drug-likeness (QED) is 0.188. The van der Waals surface area contributed by atoms with E-state index >= 15 is 0 Å². The van der Waals surface area contributed by atoms with E-state index in [2.05, 4.69) is 5.32 Å². The molecule has 14 nitrogen and oxygen atoms in total. The largest absolute Gasteiger partial charge is 0.484 e. The molecule has 2 aromatic rings. The number of nitrogens with one attached hydrogen (secondary N) is 2. The molecule has 4 rings (SSSR count). The van der Waals surface area contributed by atoms with Gasteiger partial charge in [0.05, 0.1) is 4.92 Å². The number of carbonyl (C=O) groups is 5. The van der Waals surface area contributed by atoms with Gasteiger partial charge in [0.2, 0.25) is 11.8 Å². The smallest absolute Gasteiger partial charge is 0.414 e. The predicted molar refractivity (Wildman–Crippen MR) is 142 cm³/mol. The van der Waals surface area contributed by atoms with Crippen LogP contribution in [0.1, 0.15) is 19.4 Å². The molecule has 2 saturated heterocycles. The third-order valence-corrected chi connectivity index (χ3v) is 7.84. The van der Waals surface area contributed by atoms with Crippen molar-refractivity contribution in [2.24, 2.45) is 0 Å². The fourth-order valence-electron chi connectivity index (χ4n) is 4.35. The van der Waals surface area contributed by atoms with E-state index < -0.39 is 57.8 Å². The average Bonchev–Trinajstić information content (AvgIpc) is 2.93. The molecule has 0 saturated carbocycles. The molecule has 2 aliphatic heterocycles. The number of nitro groups is 1. The second-order valence-corrected chi connectivity index (χ2v) is 10.5. The van der Waals surface area contributed by atoms with E-state index in [-0.39, 0.29) is 24.7 Å². The molecule has 2 heterocycles. The number of nitro benzene ring substituents is 1. The monoisotopic (exact) mass is 586 g/mol. The molecule has 0 aromatic heterocycles. The lowest BCUT2D eigenvalue weighted by atomic mass is 9.90. The Morgan fingerprint density at radius 1 is 1.12 bits per heavy atom. The Morgan fingerprint density at radius 2 is 1.80 bits per heavy atom. The summed E-state index contributed by atoms with van der Waals surface area (Å²) in [5.74, 6) is -2.24. The molecule has 0 radical (unpaired) electrons. The van der Waals surface area contributed by atoms with E-state index in [1.807, 2.05) is 5.32 Å². The number of rotatable bonds is 9. The molecule has 216 valence electrons. The zero-order chi connectivity index (χ0) is 29.7. The lowest BCUT2D eigenvalue weighted by Crippen LogP contribution is -2.79. The maximum absolute atomic E-state index is 13.4. The van der Waals surface area contributed by atoms with E-state index in [1.165, 1.54) is 47.9 Å². The summed E-state index contributed by atoms with van der Waals surface area (Å²) in [6, 6.07) is 11.6. The summed E-state index contributed by atoms with van der Waals surface area (Å²) in [5.41, 5.74) is -1.30. The van der Waals surface area contributed by atoms with Gasteiger partial charge in [-0.2, -0.15) is 0 Å². The van der Waals surface area contributed by atoms with E-state index in [0.717, 1.165) is 6.92 Å². The number of thioether (sulfide) groups is 1. The number of benzene rings is 2. The molecule has 2 aromatic carbocycles. The zero-order valence-electron chi connectivity index (χ0n) is 21.9. The van der Waals surface area contributed by atoms with Crippen LogP contribution in [0.5, 0.6) is 5.75 Å². The SMILES string of the molecule is CC(=O)NC(=O)O[C@]1(C)CS[C@@H]2C(NC(=O)COc3ccccc3)C(=O)N2C1C(=O)OCc1ccc([N+](=O)[O-])cc1. The fraction of sp³-hybridized carbons (Fsp3) is 0.346. The van der Waals surface area contributed by atoms with Crippen molar-refractivity contribution in [1.29, 1.82) is 0 Å². The number of imide groups is 1. The summed E-state index contributed by atoms with van der Waals surface area (Å²) in [7, 11) is 0. The van der Waals surface area contributed by atoms with Crippen LogP contribution in [0, 0.1) is 10.1 Å². The maximum atomic E-state index is 13.4. The molecule has 0 bridgehead atoms. The van der Waals surface area contributed by atoms with Crippen molar-refractivity contribution < 1.29 is 43.1 Å². The third-order valence-electron chi connectivity index (χ3n) is 6.26. The molecule has 0 aliphatic carbocycles. The number of fused-ring (bicyclic) bond motifs is 1. The Morgan fingerprint density at radius 3 is 2.44 bits per heavy atom. The molecular weight excluding hydrogens is 560 g/mol. The first-order valence-corrected chi connectivity index (χ1v) is 13.3. The Kier molecular flexibility index (Phi) is 8.76. The fourth-order valence-corrected chi connectivity index (χ4v) is 5.83. The van der Waals surface area contributed by atoms with Crippen LogP contribution in [0.4, 0.5) is 10.5 Å². The number of carbonyl (C=O) groups excluding carboxylic acids is 5. The van der Waals surface area contributed by atoms with Crippen LogP contribution in [0.25, 0.3) is 0 Å². The zero-order valence-corrected chi connectivity index (χ0v) is 22.8. The van der Waals surface area contributed by atoms with Crippen LogP contribution in [-0.4, -0.2) is 75.0 Å². The van der Waals surface area contributed by atoms with Crippen molar-refractivity contribution in [1.82, 2.24) is 15.5 Å². The lowest BCUT2D eigenvalue weighted by Gasteiger charge is -2.56. The summed E-state index contributed by atoms with van der Waals surface area (Å²) in [5, 5.41) is 14.8. The van der Waals surface area contributed by atoms with Gasteiger partial charge in [0.25, 0.3) is 11.6 Å². The Hall–Kier alpha value is -4.66. The van der Waals surface area contributed by atoms with Gasteiger partial charge in [0.15, 0.2) is 18.2 Å². The van der Waals surface area contributed by atoms with Crippen molar-refractivity contribution in [3.63, 3.8) is 0 Å². The van der Waals surface area contributed by atoms with Crippen molar-refractivity contribution in [3.05, 3.63) is 70.3 Å². The lowest BCUT2D eigenvalue weighted by molar-refractivity contribution is -0.384. The highest BCUT2D eigenvalue weighted by molar-refractivity contribution is 8.00. The van der Waals surface area contributed by atoms with Crippen LogP contribution >= 0.6 is 11.8 Å². The van der Waals surface area contributed by atoms with Gasteiger partial charge in [-0.05, 0) is 36.8 Å². The molecule has 4 atom stereocenters. The van der Waals surface area contributed by atoms with Crippen LogP contribution < -0.4 is 15.4 Å². The van der Waals surface area contributed by atoms with Crippen molar-refractivity contribution in [2.45, 2.75) is 43.5 Å². The van der Waals surface area contributed by atoms with Crippen LogP contribution in [0.3, 0.4) is 0 Å². The topological polar surface area (TPSA) is 183 Å². The number of esters is 1. The first kappa shape index (κ1) is 29.3. The summed E-state index contributed by atoms with van der Waals surface area (Å²) in [6.45, 7) is 1.93. The normalized spacial score (nSPS) is 22.8. The number of β-lactam (4-membered cyclic amide) rings is 1. The van der Waals surface area contributed by atoms with Gasteiger partial charge in [-0.3, -0.25) is 29.8 Å². The van der Waals surface area contributed by atoms with Crippen molar-refractivity contribution in [3.8, 4) is 5.75 Å². The summed E-state index contributed by atoms with van der Waals surface area (Å²) in [6.07, 6.45) is -1.11. The minimum Gasteiger partial charge on any atom is -0.484 e. The number of hydrogen-bond donors (Lipinski definition) is 2. The van der Waals surface area contributed by atoms with E-state index in [0.29, 0.717) is 11.3 Å². The standard InChI is InChI=1S/C26H26N4O10S/c1-15(31)27-25(35)40-26(2)14-41-23-20(28-19(32)13-38-18-6-4-3-5-7-18)22(33)29(23)21(26)24(34)39-12-16-8-10-17(11-9-16)30(36)37/h3-11,20-21,23H,12-14H2,1-2H3,(H,28,32)(H,27,31,35)/t20?,21?,23-,26-/m1/s1. The number of ether oxygens (including phenoxy) is 3. The first-order chi connectivity index (χ1) is 19.5. The van der Waals surface area contributed by atoms with Gasteiger partial charge >= 0.3 is 12.1 Å². The molecule has 2 N–H and O–H groups in total. The third kappa shape index (κ3) is 6.74. The highest BCUT2D eigenvalue weighted by Gasteiger charge is 2.63. The van der Waals surface area contributed by atoms with Crippen LogP contribution in [0.15, 0.2) is 54.6 Å². The Bertz CT molecular complexity index is 1360. The van der Waals surface area contributed by atoms with Crippen LogP contribution in [0.2, 0.25) is 0 Å². The summed E-state index contributed by atoms with van der Waals surface area (Å²) < 4.78 is 16.3. The Labute approximate surface area is 237 Å². The molecule has 2 aliphatic rings. The molecule has 4 amide bonds. The highest BCUT2D eigenvalue weighted by Crippen LogP contribution is 2.44. The number of alkyl carbamates (subject to hydrolysis) is 1. The minimum atomic E-state index is -1.60. The molecule has 2 fully saturated rings. The molecule has 2 unspecified atom stereocenters. The second-order valence-electron chi connectivity index (χ2n) is 9.41. The number of hydrogen-bond acceptors (Lipinski definition) is 11. The van der Waals surface area contributed by atoms with Crippen molar-refractivity contribution >= 4 is 47.2 Å². The highest BCUT2D eigenvalue weighted by atomic mass is 32.2. The molecular formula is C26H26N4O10S. The van der Waals surface area contributed by atoms with Gasteiger partial charge < -0.3 is 24.4 Å². The van der Waals surface area contributed by atoms with Crippen LogP contribution in [-0.2, 0) is 35.3 Å². The number of non-ortho nitro benzene ring substituents is 1. The molecule has 41 heavy (non-hydrogen) atoms. The van der Waals surface area contributed by atoms with E-state index in [4.69, 9.17) is 14.2 Å². The van der Waals surface area contributed by atoms with Crippen molar-refractivity contribution in [2.75, 3.05) is 12.4 Å². The van der Waals surface area contributed by atoms with Gasteiger partial charge in [-0.25, -0.2) is 9.59 Å². The van der Waals surface area contributed by atoms with Gasteiger partial charge in [-0.15, -0.1) is 11.8 Å². The van der Waals surface area contributed by atoms with E-state index in [1.54, 1.807) is 30.3 Å². The number of amides is 4. The van der Waals surface area contributed by atoms with Gasteiger partial charge in [-0.1, -0.05) is 18.2 Å². The Balaban J connectivity index is 1.46.